The van der Waals surface area contributed by atoms with Gasteiger partial charge < -0.3 is 20.5 Å². The predicted octanol–water partition coefficient (Wildman–Crippen LogP) is 4.77. The van der Waals surface area contributed by atoms with E-state index in [9.17, 15) is 18.0 Å². The minimum Gasteiger partial charge on any atom is -0.358 e. The van der Waals surface area contributed by atoms with Gasteiger partial charge in [-0.2, -0.15) is 0 Å². The van der Waals surface area contributed by atoms with Gasteiger partial charge in [0, 0.05) is 39.3 Å². The van der Waals surface area contributed by atoms with E-state index in [4.69, 9.17) is 0 Å². The Labute approximate surface area is 243 Å². The molecule has 1 aliphatic heterocycles. The molecule has 10 heteroatoms. The number of aryl methyl sites for hydroxylation is 1. The van der Waals surface area contributed by atoms with Gasteiger partial charge in [-0.1, -0.05) is 26.0 Å². The fraction of sp³-hybridized carbons (Fsp3) is 0.310. The standard InChI is InChI=1S/C29H33IN4O4S/c1-5-34(6-2)13-12-31-29(36)27-18(3)26(32-19(27)4)16-24-23-15-22(10-11-25(23)33-28(24)35)39(37,38)17-20-8-7-9-21(30)14-20/h7-11,14-16,32H,5-6,12-13,17H2,1-4H3,(H,31,36)(H,33,35). The number of anilines is 1. The third-order valence-electron chi connectivity index (χ3n) is 6.98. The van der Waals surface area contributed by atoms with E-state index in [0.717, 1.165) is 28.8 Å². The van der Waals surface area contributed by atoms with Crippen LogP contribution >= 0.6 is 22.6 Å². The second-order valence-corrected chi connectivity index (χ2v) is 12.8. The number of aromatic amines is 1. The normalized spacial score (nSPS) is 14.1. The third kappa shape index (κ3) is 6.44. The Morgan fingerprint density at radius 1 is 1.10 bits per heavy atom. The fourth-order valence-corrected chi connectivity index (χ4v) is 6.76. The molecule has 8 nitrogen and oxygen atoms in total. The van der Waals surface area contributed by atoms with Crippen molar-refractivity contribution in [1.82, 2.24) is 15.2 Å². The molecule has 0 atom stereocenters. The van der Waals surface area contributed by atoms with Gasteiger partial charge in [0.25, 0.3) is 11.8 Å². The topological polar surface area (TPSA) is 111 Å². The van der Waals surface area contributed by atoms with Crippen molar-refractivity contribution in [2.45, 2.75) is 38.3 Å². The Hall–Kier alpha value is -2.96. The van der Waals surface area contributed by atoms with Crippen LogP contribution in [0.5, 0.6) is 0 Å². The molecule has 1 aliphatic rings. The predicted molar refractivity (Wildman–Crippen MR) is 163 cm³/mol. The molecule has 0 saturated carbocycles. The number of H-pyrrole nitrogens is 1. The van der Waals surface area contributed by atoms with Crippen LogP contribution in [0, 0.1) is 17.4 Å². The highest BCUT2D eigenvalue weighted by atomic mass is 127. The van der Waals surface area contributed by atoms with Gasteiger partial charge in [0.15, 0.2) is 9.84 Å². The first-order valence-corrected chi connectivity index (χ1v) is 15.6. The lowest BCUT2D eigenvalue weighted by molar-refractivity contribution is -0.110. The van der Waals surface area contributed by atoms with Gasteiger partial charge in [0.1, 0.15) is 0 Å². The molecule has 0 aliphatic carbocycles. The summed E-state index contributed by atoms with van der Waals surface area (Å²) in [7, 11) is -3.64. The number of amides is 2. The van der Waals surface area contributed by atoms with Gasteiger partial charge in [0.05, 0.1) is 21.8 Å². The van der Waals surface area contributed by atoms with Crippen LogP contribution in [0.1, 0.15) is 52.3 Å². The number of hydrogen-bond acceptors (Lipinski definition) is 5. The van der Waals surface area contributed by atoms with E-state index >= 15 is 0 Å². The Balaban J connectivity index is 1.61. The highest BCUT2D eigenvalue weighted by molar-refractivity contribution is 14.1. The summed E-state index contributed by atoms with van der Waals surface area (Å²) < 4.78 is 27.4. The second-order valence-electron chi connectivity index (χ2n) is 9.55. The summed E-state index contributed by atoms with van der Waals surface area (Å²) in [5, 5.41) is 5.81. The number of nitrogens with zero attached hydrogens (tertiary/aromatic N) is 1. The van der Waals surface area contributed by atoms with Gasteiger partial charge in [0.2, 0.25) is 0 Å². The van der Waals surface area contributed by atoms with E-state index in [1.54, 1.807) is 24.3 Å². The Kier molecular flexibility index (Phi) is 8.97. The monoisotopic (exact) mass is 660 g/mol. The van der Waals surface area contributed by atoms with E-state index in [1.165, 1.54) is 6.07 Å². The van der Waals surface area contributed by atoms with E-state index in [0.29, 0.717) is 45.9 Å². The molecule has 0 radical (unpaired) electrons. The molecule has 0 bridgehead atoms. The maximum absolute atomic E-state index is 13.2. The van der Waals surface area contributed by atoms with Crippen LogP contribution in [0.3, 0.4) is 0 Å². The molecular weight excluding hydrogens is 627 g/mol. The molecule has 2 aromatic carbocycles. The Bertz CT molecular complexity index is 1560. The maximum Gasteiger partial charge on any atom is 0.256 e. The largest absolute Gasteiger partial charge is 0.358 e. The Morgan fingerprint density at radius 2 is 1.85 bits per heavy atom. The number of hydrogen-bond donors (Lipinski definition) is 3. The highest BCUT2D eigenvalue weighted by Gasteiger charge is 2.28. The summed E-state index contributed by atoms with van der Waals surface area (Å²) in [5.41, 5.74) is 4.72. The maximum atomic E-state index is 13.2. The molecule has 0 fully saturated rings. The first kappa shape index (κ1) is 29.0. The van der Waals surface area contributed by atoms with Crippen LogP contribution in [0.2, 0.25) is 0 Å². The second kappa shape index (κ2) is 12.1. The van der Waals surface area contributed by atoms with E-state index in [-0.39, 0.29) is 22.5 Å². The first-order chi connectivity index (χ1) is 18.5. The third-order valence-corrected chi connectivity index (χ3v) is 9.34. The molecule has 3 aromatic rings. The zero-order chi connectivity index (χ0) is 28.3. The van der Waals surface area contributed by atoms with E-state index < -0.39 is 9.84 Å². The average molecular weight is 661 g/mol. The number of carbonyl (C=O) groups excluding carboxylic acids is 2. The van der Waals surface area contributed by atoms with Crippen molar-refractivity contribution in [3.05, 3.63) is 79.7 Å². The van der Waals surface area contributed by atoms with Crippen molar-refractivity contribution >= 4 is 61.6 Å². The molecule has 2 amide bonds. The quantitative estimate of drug-likeness (QED) is 0.214. The molecule has 0 unspecified atom stereocenters. The van der Waals surface area contributed by atoms with Gasteiger partial charge in [-0.25, -0.2) is 8.42 Å². The van der Waals surface area contributed by atoms with Gasteiger partial charge in [-0.05, 0) is 97.1 Å². The average Bonchev–Trinajstić information content (AvgIpc) is 3.35. The lowest BCUT2D eigenvalue weighted by atomic mass is 10.0. The summed E-state index contributed by atoms with van der Waals surface area (Å²) in [6.07, 6.45) is 1.69. The van der Waals surface area contributed by atoms with Crippen LogP contribution in [0.4, 0.5) is 5.69 Å². The lowest BCUT2D eigenvalue weighted by Crippen LogP contribution is -2.35. The number of nitrogens with one attached hydrogen (secondary N) is 3. The summed E-state index contributed by atoms with van der Waals surface area (Å²) in [5.74, 6) is -0.627. The fourth-order valence-electron chi connectivity index (χ4n) is 4.79. The minimum atomic E-state index is -3.64. The minimum absolute atomic E-state index is 0.134. The summed E-state index contributed by atoms with van der Waals surface area (Å²) in [6, 6.07) is 12.1. The highest BCUT2D eigenvalue weighted by Crippen LogP contribution is 2.36. The zero-order valence-electron chi connectivity index (χ0n) is 22.5. The number of likely N-dealkylation sites (N-methyl/N-ethyl adjacent to an activating group) is 1. The van der Waals surface area contributed by atoms with Crippen LogP contribution in [0.15, 0.2) is 47.4 Å². The summed E-state index contributed by atoms with van der Waals surface area (Å²) in [4.78, 5) is 31.5. The van der Waals surface area contributed by atoms with E-state index in [2.05, 4.69) is 57.0 Å². The summed E-state index contributed by atoms with van der Waals surface area (Å²) >= 11 is 2.16. The molecule has 1 aromatic heterocycles. The van der Waals surface area contributed by atoms with E-state index in [1.807, 2.05) is 32.0 Å². The SMILES string of the molecule is CCN(CC)CCNC(=O)c1c(C)[nH]c(C=C2C(=O)Nc3ccc(S(=O)(=O)Cc4cccc(I)c4)cc32)c1C. The first-order valence-electron chi connectivity index (χ1n) is 12.9. The molecular formula is C29H33IN4O4S. The van der Waals surface area contributed by atoms with Crippen molar-refractivity contribution in [1.29, 1.82) is 0 Å². The number of aromatic nitrogens is 1. The molecule has 2 heterocycles. The van der Waals surface area contributed by atoms with Crippen LogP contribution in [-0.4, -0.2) is 56.3 Å². The molecule has 39 heavy (non-hydrogen) atoms. The van der Waals surface area contributed by atoms with Crippen molar-refractivity contribution in [2.75, 3.05) is 31.5 Å². The van der Waals surface area contributed by atoms with Gasteiger partial charge in [-0.3, -0.25) is 9.59 Å². The molecule has 206 valence electrons. The van der Waals surface area contributed by atoms with Crippen LogP contribution in [0.25, 0.3) is 11.6 Å². The van der Waals surface area contributed by atoms with Crippen molar-refractivity contribution in [2.24, 2.45) is 0 Å². The van der Waals surface area contributed by atoms with Crippen molar-refractivity contribution in [3.8, 4) is 0 Å². The number of fused-ring (bicyclic) bond motifs is 1. The lowest BCUT2D eigenvalue weighted by Gasteiger charge is -2.18. The van der Waals surface area contributed by atoms with Crippen LogP contribution in [-0.2, 0) is 20.4 Å². The summed E-state index contributed by atoms with van der Waals surface area (Å²) in [6.45, 7) is 11.0. The number of rotatable bonds is 10. The number of carbonyl (C=O) groups is 2. The van der Waals surface area contributed by atoms with Crippen molar-refractivity contribution in [3.63, 3.8) is 0 Å². The molecule has 4 rings (SSSR count). The number of sulfone groups is 1. The Morgan fingerprint density at radius 3 is 2.54 bits per heavy atom. The molecule has 0 spiro atoms. The molecule has 0 saturated heterocycles. The van der Waals surface area contributed by atoms with Crippen LogP contribution < -0.4 is 10.6 Å². The smallest absolute Gasteiger partial charge is 0.256 e. The molecule has 3 N–H and O–H groups in total. The van der Waals surface area contributed by atoms with Crippen molar-refractivity contribution < 1.29 is 18.0 Å². The zero-order valence-corrected chi connectivity index (χ0v) is 25.5. The van der Waals surface area contributed by atoms with Gasteiger partial charge >= 0.3 is 0 Å². The number of benzene rings is 2. The number of halogens is 1. The van der Waals surface area contributed by atoms with Gasteiger partial charge in [-0.15, -0.1) is 0 Å².